The second-order valence-electron chi connectivity index (χ2n) is 6.85. The molecule has 4 rings (SSSR count). The van der Waals surface area contributed by atoms with E-state index in [1.807, 2.05) is 37.3 Å². The predicted octanol–water partition coefficient (Wildman–Crippen LogP) is 1.91. The maximum Gasteiger partial charge on any atom is 0.255 e. The number of nitrogens with two attached hydrogens (primary N) is 1. The second-order valence-corrected chi connectivity index (χ2v) is 6.85. The smallest absolute Gasteiger partial charge is 0.255 e. The van der Waals surface area contributed by atoms with E-state index in [1.54, 1.807) is 0 Å². The maximum atomic E-state index is 12.2. The molecule has 7 heteroatoms. The van der Waals surface area contributed by atoms with Crippen molar-refractivity contribution in [3.63, 3.8) is 0 Å². The molecule has 0 bridgehead atoms. The average Bonchev–Trinajstić information content (AvgIpc) is 2.98. The summed E-state index contributed by atoms with van der Waals surface area (Å²) in [4.78, 5) is 16.9. The van der Waals surface area contributed by atoms with Crippen molar-refractivity contribution >= 4 is 23.2 Å². The lowest BCUT2D eigenvalue weighted by molar-refractivity contribution is 0.0767. The molecule has 1 saturated heterocycles. The molecule has 1 fully saturated rings. The summed E-state index contributed by atoms with van der Waals surface area (Å²) in [5.41, 5.74) is 9.74. The molecule has 7 nitrogen and oxygen atoms in total. The Morgan fingerprint density at radius 1 is 1.35 bits per heavy atom. The van der Waals surface area contributed by atoms with Gasteiger partial charge in [0.1, 0.15) is 11.6 Å². The summed E-state index contributed by atoms with van der Waals surface area (Å²) in [5.74, 6) is 1.14. The number of fused-ring (bicyclic) bond motifs is 1. The van der Waals surface area contributed by atoms with E-state index in [0.717, 1.165) is 23.2 Å². The van der Waals surface area contributed by atoms with Gasteiger partial charge in [-0.2, -0.15) is 0 Å². The van der Waals surface area contributed by atoms with Gasteiger partial charge in [-0.25, -0.2) is 4.98 Å². The zero-order chi connectivity index (χ0) is 18.1. The van der Waals surface area contributed by atoms with Gasteiger partial charge in [-0.3, -0.25) is 4.79 Å². The Kier molecular flexibility index (Phi) is 4.48. The Bertz CT molecular complexity index is 839. The van der Waals surface area contributed by atoms with Crippen molar-refractivity contribution in [3.8, 4) is 0 Å². The number of benzene rings is 1. The summed E-state index contributed by atoms with van der Waals surface area (Å²) in [6.45, 7) is 3.77. The summed E-state index contributed by atoms with van der Waals surface area (Å²) >= 11 is 0. The number of amides is 1. The zero-order valence-electron chi connectivity index (χ0n) is 14.7. The van der Waals surface area contributed by atoms with Crippen LogP contribution in [0.3, 0.4) is 0 Å². The van der Waals surface area contributed by atoms with E-state index >= 15 is 0 Å². The van der Waals surface area contributed by atoms with Crippen LogP contribution in [0.5, 0.6) is 0 Å². The van der Waals surface area contributed by atoms with Crippen molar-refractivity contribution in [2.24, 2.45) is 5.73 Å². The lowest BCUT2D eigenvalue weighted by Gasteiger charge is -2.30. The number of rotatable bonds is 4. The molecule has 2 aliphatic rings. The fourth-order valence-electron chi connectivity index (χ4n) is 3.37. The number of nitrogens with zero attached hydrogens (tertiary/aromatic N) is 1. The summed E-state index contributed by atoms with van der Waals surface area (Å²) in [6.07, 6.45) is 0.817. The normalized spacial score (nSPS) is 21.8. The van der Waals surface area contributed by atoms with Crippen LogP contribution in [-0.2, 0) is 11.3 Å². The van der Waals surface area contributed by atoms with Gasteiger partial charge in [0.25, 0.3) is 5.91 Å². The van der Waals surface area contributed by atoms with E-state index in [4.69, 9.17) is 10.5 Å². The van der Waals surface area contributed by atoms with Crippen LogP contribution in [0.2, 0.25) is 0 Å². The maximum absolute atomic E-state index is 12.2. The number of carbonyl (C=O) groups excluding carboxylic acids is 1. The second kappa shape index (κ2) is 6.93. The summed E-state index contributed by atoms with van der Waals surface area (Å²) in [5, 5.41) is 9.53. The summed E-state index contributed by atoms with van der Waals surface area (Å²) in [7, 11) is 0. The van der Waals surface area contributed by atoms with Gasteiger partial charge in [0.15, 0.2) is 0 Å². The van der Waals surface area contributed by atoms with Gasteiger partial charge in [0.2, 0.25) is 0 Å². The van der Waals surface area contributed by atoms with Crippen LogP contribution in [0.4, 0.5) is 17.3 Å². The standard InChI is InChI=1S/C19H23N5O2/c1-11-3-2-4-13(7-11)22-18-17-12(9-21-19(17)25)8-16(24-18)23-15-10-26-6-5-14(15)20/h2-4,7-8,14-15H,5-6,9-10,20H2,1H3,(H,21,25)(H2,22,23,24). The van der Waals surface area contributed by atoms with E-state index in [2.05, 4.69) is 20.9 Å². The quantitative estimate of drug-likeness (QED) is 0.670. The zero-order valence-corrected chi connectivity index (χ0v) is 14.7. The fraction of sp³-hybridized carbons (Fsp3) is 0.368. The van der Waals surface area contributed by atoms with E-state index in [9.17, 15) is 4.79 Å². The molecule has 0 saturated carbocycles. The molecule has 2 aliphatic heterocycles. The molecular weight excluding hydrogens is 330 g/mol. The molecule has 1 amide bonds. The van der Waals surface area contributed by atoms with Crippen molar-refractivity contribution in [1.82, 2.24) is 10.3 Å². The molecular formula is C19H23N5O2. The predicted molar refractivity (Wildman–Crippen MR) is 101 cm³/mol. The molecule has 0 radical (unpaired) electrons. The molecule has 136 valence electrons. The summed E-state index contributed by atoms with van der Waals surface area (Å²) < 4.78 is 5.52. The van der Waals surface area contributed by atoms with E-state index in [-0.39, 0.29) is 18.0 Å². The largest absolute Gasteiger partial charge is 0.379 e. The number of anilines is 3. The number of pyridine rings is 1. The van der Waals surface area contributed by atoms with Gasteiger partial charge in [-0.05, 0) is 42.7 Å². The van der Waals surface area contributed by atoms with E-state index in [0.29, 0.717) is 37.0 Å². The first-order chi connectivity index (χ1) is 12.6. The van der Waals surface area contributed by atoms with Crippen molar-refractivity contribution in [3.05, 3.63) is 47.0 Å². The number of aromatic nitrogens is 1. The number of carbonyl (C=O) groups is 1. The van der Waals surface area contributed by atoms with Crippen LogP contribution in [-0.4, -0.2) is 36.2 Å². The number of hydrogen-bond acceptors (Lipinski definition) is 6. The molecule has 0 aliphatic carbocycles. The lowest BCUT2D eigenvalue weighted by Crippen LogP contribution is -2.47. The Balaban J connectivity index is 1.65. The molecule has 1 aromatic carbocycles. The van der Waals surface area contributed by atoms with Crippen LogP contribution in [0, 0.1) is 6.92 Å². The number of nitrogens with one attached hydrogen (secondary N) is 3. The molecule has 1 aromatic heterocycles. The highest BCUT2D eigenvalue weighted by Gasteiger charge is 2.27. The molecule has 2 unspecified atom stereocenters. The fourth-order valence-corrected chi connectivity index (χ4v) is 3.37. The minimum absolute atomic E-state index is 0.00573. The topological polar surface area (TPSA) is 101 Å². The Morgan fingerprint density at radius 2 is 2.23 bits per heavy atom. The van der Waals surface area contributed by atoms with Crippen molar-refractivity contribution in [2.75, 3.05) is 23.8 Å². The van der Waals surface area contributed by atoms with Crippen LogP contribution in [0.15, 0.2) is 30.3 Å². The van der Waals surface area contributed by atoms with Gasteiger partial charge < -0.3 is 26.4 Å². The first-order valence-corrected chi connectivity index (χ1v) is 8.86. The number of aryl methyl sites for hydroxylation is 1. The highest BCUT2D eigenvalue weighted by Crippen LogP contribution is 2.29. The third-order valence-electron chi connectivity index (χ3n) is 4.79. The van der Waals surface area contributed by atoms with Gasteiger partial charge >= 0.3 is 0 Å². The van der Waals surface area contributed by atoms with Crippen LogP contribution < -0.4 is 21.7 Å². The van der Waals surface area contributed by atoms with E-state index in [1.165, 1.54) is 0 Å². The van der Waals surface area contributed by atoms with Crippen LogP contribution in [0.25, 0.3) is 0 Å². The van der Waals surface area contributed by atoms with Gasteiger partial charge in [0.05, 0.1) is 18.2 Å². The first kappa shape index (κ1) is 16.8. The Labute approximate surface area is 152 Å². The molecule has 26 heavy (non-hydrogen) atoms. The van der Waals surface area contributed by atoms with E-state index < -0.39 is 0 Å². The number of ether oxygens (including phenoxy) is 1. The average molecular weight is 353 g/mol. The minimum Gasteiger partial charge on any atom is -0.379 e. The van der Waals surface area contributed by atoms with Crippen molar-refractivity contribution < 1.29 is 9.53 Å². The molecule has 5 N–H and O–H groups in total. The van der Waals surface area contributed by atoms with Gasteiger partial charge in [-0.1, -0.05) is 12.1 Å². The highest BCUT2D eigenvalue weighted by atomic mass is 16.5. The molecule has 3 heterocycles. The number of hydrogen-bond donors (Lipinski definition) is 4. The molecule has 2 aromatic rings. The SMILES string of the molecule is Cc1cccc(Nc2nc(NC3COCCC3N)cc3c2C(=O)NC3)c1. The van der Waals surface area contributed by atoms with Gasteiger partial charge in [-0.15, -0.1) is 0 Å². The van der Waals surface area contributed by atoms with Crippen molar-refractivity contribution in [2.45, 2.75) is 32.0 Å². The third-order valence-corrected chi connectivity index (χ3v) is 4.79. The molecule has 0 spiro atoms. The monoisotopic (exact) mass is 353 g/mol. The Hall–Kier alpha value is -2.64. The first-order valence-electron chi connectivity index (χ1n) is 8.86. The lowest BCUT2D eigenvalue weighted by atomic mass is 10.0. The third kappa shape index (κ3) is 3.36. The van der Waals surface area contributed by atoms with Crippen LogP contribution >= 0.6 is 0 Å². The minimum atomic E-state index is -0.105. The van der Waals surface area contributed by atoms with Crippen LogP contribution in [0.1, 0.15) is 27.9 Å². The Morgan fingerprint density at radius 3 is 3.04 bits per heavy atom. The van der Waals surface area contributed by atoms with Gasteiger partial charge in [0, 0.05) is 24.9 Å². The molecule has 2 atom stereocenters. The van der Waals surface area contributed by atoms with Crippen molar-refractivity contribution in [1.29, 1.82) is 0 Å². The highest BCUT2D eigenvalue weighted by molar-refractivity contribution is 6.03. The summed E-state index contributed by atoms with van der Waals surface area (Å²) in [6, 6.07) is 9.91.